The van der Waals surface area contributed by atoms with E-state index in [0.29, 0.717) is 11.4 Å². The van der Waals surface area contributed by atoms with Crippen LogP contribution in [-0.2, 0) is 0 Å². The molecule has 5 heteroatoms. The summed E-state index contributed by atoms with van der Waals surface area (Å²) in [4.78, 5) is 8.08. The van der Waals surface area contributed by atoms with Gasteiger partial charge in [-0.05, 0) is 12.1 Å². The molecule has 2 aromatic rings. The smallest absolute Gasteiger partial charge is 0.183 e. The molecule has 0 fully saturated rings. The second-order valence-corrected chi connectivity index (χ2v) is 3.30. The average molecular weight is 226 g/mol. The molecule has 0 aliphatic heterocycles. The third kappa shape index (κ3) is 2.01. The van der Waals surface area contributed by atoms with Crippen molar-refractivity contribution in [3.05, 3.63) is 36.2 Å². The number of rotatable bonds is 2. The number of aromatic nitrogens is 2. The third-order valence-corrected chi connectivity index (χ3v) is 2.29. The van der Waals surface area contributed by atoms with Crippen LogP contribution in [-0.4, -0.2) is 17.1 Å². The molecule has 17 heavy (non-hydrogen) atoms. The second kappa shape index (κ2) is 4.49. The quantitative estimate of drug-likeness (QED) is 0.840. The topological polar surface area (TPSA) is 84.8 Å². The molecular formula is C12H10N4O. The highest BCUT2D eigenvalue weighted by molar-refractivity contribution is 5.67. The van der Waals surface area contributed by atoms with Crippen LogP contribution in [0.1, 0.15) is 5.69 Å². The van der Waals surface area contributed by atoms with Gasteiger partial charge in [0.1, 0.15) is 11.8 Å². The molecule has 0 radical (unpaired) electrons. The summed E-state index contributed by atoms with van der Waals surface area (Å²) in [7, 11) is 1.58. The summed E-state index contributed by atoms with van der Waals surface area (Å²) in [5, 5.41) is 8.85. The van der Waals surface area contributed by atoms with Crippen LogP contribution in [0.5, 0.6) is 5.75 Å². The van der Waals surface area contributed by atoms with E-state index in [4.69, 9.17) is 15.7 Å². The molecule has 0 spiro atoms. The van der Waals surface area contributed by atoms with E-state index in [2.05, 4.69) is 9.97 Å². The number of para-hydroxylation sites is 1. The minimum absolute atomic E-state index is 0.119. The van der Waals surface area contributed by atoms with Crippen molar-refractivity contribution in [3.63, 3.8) is 0 Å². The second-order valence-electron chi connectivity index (χ2n) is 3.30. The van der Waals surface area contributed by atoms with Crippen LogP contribution < -0.4 is 10.5 Å². The Labute approximate surface area is 98.5 Å². The van der Waals surface area contributed by atoms with Crippen molar-refractivity contribution < 1.29 is 4.74 Å². The fourth-order valence-electron chi connectivity index (χ4n) is 1.47. The number of benzene rings is 1. The molecule has 0 saturated heterocycles. The van der Waals surface area contributed by atoms with Gasteiger partial charge in [-0.15, -0.1) is 0 Å². The molecule has 0 bridgehead atoms. The highest BCUT2D eigenvalue weighted by Gasteiger charge is 2.09. The van der Waals surface area contributed by atoms with E-state index in [1.54, 1.807) is 7.11 Å². The molecule has 1 heterocycles. The summed E-state index contributed by atoms with van der Waals surface area (Å²) < 4.78 is 5.22. The van der Waals surface area contributed by atoms with E-state index in [-0.39, 0.29) is 11.5 Å². The molecule has 5 nitrogen and oxygen atoms in total. The largest absolute Gasteiger partial charge is 0.496 e. The summed E-state index contributed by atoms with van der Waals surface area (Å²) in [6, 6.07) is 9.29. The highest BCUT2D eigenvalue weighted by Crippen LogP contribution is 2.28. The first-order valence-corrected chi connectivity index (χ1v) is 4.92. The van der Waals surface area contributed by atoms with Crippen LogP contribution in [0.25, 0.3) is 11.3 Å². The Morgan fingerprint density at radius 1 is 1.35 bits per heavy atom. The summed E-state index contributed by atoms with van der Waals surface area (Å²) >= 11 is 0. The van der Waals surface area contributed by atoms with Gasteiger partial charge in [0.2, 0.25) is 0 Å². The van der Waals surface area contributed by atoms with E-state index >= 15 is 0 Å². The Bertz CT molecular complexity index is 589. The molecule has 2 rings (SSSR count). The molecule has 0 amide bonds. The lowest BCUT2D eigenvalue weighted by molar-refractivity contribution is 0.416. The predicted molar refractivity (Wildman–Crippen MR) is 63.1 cm³/mol. The number of nitrogens with zero attached hydrogens (tertiary/aromatic N) is 3. The van der Waals surface area contributed by atoms with Gasteiger partial charge in [0, 0.05) is 5.56 Å². The molecule has 1 aromatic carbocycles. The maximum atomic E-state index is 8.85. The number of methoxy groups -OCH3 is 1. The Balaban J connectivity index is 2.58. The van der Waals surface area contributed by atoms with Gasteiger partial charge >= 0.3 is 0 Å². The van der Waals surface area contributed by atoms with E-state index in [1.165, 1.54) is 6.20 Å². The van der Waals surface area contributed by atoms with E-state index in [0.717, 1.165) is 5.56 Å². The SMILES string of the molecule is COc1ccccc1-c1cnc(N)c(C#N)n1. The van der Waals surface area contributed by atoms with Gasteiger partial charge in [0.15, 0.2) is 11.5 Å². The summed E-state index contributed by atoms with van der Waals surface area (Å²) in [5.41, 5.74) is 6.98. The van der Waals surface area contributed by atoms with Crippen LogP contribution in [0.4, 0.5) is 5.82 Å². The summed E-state index contributed by atoms with van der Waals surface area (Å²) in [6.07, 6.45) is 1.52. The van der Waals surface area contributed by atoms with Crippen molar-refractivity contribution in [2.75, 3.05) is 12.8 Å². The molecule has 0 unspecified atom stereocenters. The Hall–Kier alpha value is -2.61. The summed E-state index contributed by atoms with van der Waals surface area (Å²) in [5.74, 6) is 0.807. The molecule has 0 aliphatic rings. The number of anilines is 1. The third-order valence-electron chi connectivity index (χ3n) is 2.29. The lowest BCUT2D eigenvalue weighted by Crippen LogP contribution is -1.99. The van der Waals surface area contributed by atoms with Gasteiger partial charge in [0.05, 0.1) is 19.0 Å². The minimum Gasteiger partial charge on any atom is -0.496 e. The average Bonchev–Trinajstić information content (AvgIpc) is 2.39. The molecule has 0 atom stereocenters. The number of ether oxygens (including phenoxy) is 1. The molecule has 0 aliphatic carbocycles. The van der Waals surface area contributed by atoms with E-state index in [9.17, 15) is 0 Å². The van der Waals surface area contributed by atoms with E-state index in [1.807, 2.05) is 30.3 Å². The highest BCUT2D eigenvalue weighted by atomic mass is 16.5. The van der Waals surface area contributed by atoms with Gasteiger partial charge in [-0.25, -0.2) is 9.97 Å². The number of nitriles is 1. The van der Waals surface area contributed by atoms with Crippen LogP contribution >= 0.6 is 0 Å². The van der Waals surface area contributed by atoms with Gasteiger partial charge < -0.3 is 10.5 Å². The Kier molecular flexibility index (Phi) is 2.88. The lowest BCUT2D eigenvalue weighted by Gasteiger charge is -2.07. The zero-order valence-corrected chi connectivity index (χ0v) is 9.21. The predicted octanol–water partition coefficient (Wildman–Crippen LogP) is 1.61. The van der Waals surface area contributed by atoms with Crippen LogP contribution in [0.3, 0.4) is 0 Å². The Morgan fingerprint density at radius 2 is 2.12 bits per heavy atom. The fourth-order valence-corrected chi connectivity index (χ4v) is 1.47. The van der Waals surface area contributed by atoms with Gasteiger partial charge in [-0.3, -0.25) is 0 Å². The van der Waals surface area contributed by atoms with Gasteiger partial charge in [0.25, 0.3) is 0 Å². The molecule has 1 aromatic heterocycles. The molecular weight excluding hydrogens is 216 g/mol. The van der Waals surface area contributed by atoms with Crippen molar-refractivity contribution in [1.29, 1.82) is 5.26 Å². The number of hydrogen-bond acceptors (Lipinski definition) is 5. The number of nitrogen functional groups attached to an aromatic ring is 1. The number of nitrogens with two attached hydrogens (primary N) is 1. The first-order valence-electron chi connectivity index (χ1n) is 4.92. The normalized spacial score (nSPS) is 9.65. The summed E-state index contributed by atoms with van der Waals surface area (Å²) in [6.45, 7) is 0. The zero-order chi connectivity index (χ0) is 12.3. The van der Waals surface area contributed by atoms with Gasteiger partial charge in [-0.2, -0.15) is 5.26 Å². The van der Waals surface area contributed by atoms with Gasteiger partial charge in [-0.1, -0.05) is 12.1 Å². The molecule has 84 valence electrons. The van der Waals surface area contributed by atoms with Crippen LogP contribution in [0.15, 0.2) is 30.5 Å². The monoisotopic (exact) mass is 226 g/mol. The standard InChI is InChI=1S/C12H10N4O/c1-17-11-5-3-2-4-8(11)10-7-15-12(14)9(6-13)16-10/h2-5,7H,1H3,(H2,14,15). The zero-order valence-electron chi connectivity index (χ0n) is 9.21. The van der Waals surface area contributed by atoms with Crippen molar-refractivity contribution in [2.45, 2.75) is 0 Å². The number of hydrogen-bond donors (Lipinski definition) is 1. The Morgan fingerprint density at radius 3 is 2.82 bits per heavy atom. The maximum Gasteiger partial charge on any atom is 0.183 e. The minimum atomic E-state index is 0.119. The van der Waals surface area contributed by atoms with Crippen LogP contribution in [0, 0.1) is 11.3 Å². The van der Waals surface area contributed by atoms with E-state index < -0.39 is 0 Å². The van der Waals surface area contributed by atoms with Crippen molar-refractivity contribution in [2.24, 2.45) is 0 Å². The van der Waals surface area contributed by atoms with Crippen molar-refractivity contribution in [1.82, 2.24) is 9.97 Å². The van der Waals surface area contributed by atoms with Crippen molar-refractivity contribution >= 4 is 5.82 Å². The maximum absolute atomic E-state index is 8.85. The lowest BCUT2D eigenvalue weighted by atomic mass is 10.1. The first kappa shape index (κ1) is 10.9. The molecule has 2 N–H and O–H groups in total. The fraction of sp³-hybridized carbons (Fsp3) is 0.0833. The van der Waals surface area contributed by atoms with Crippen molar-refractivity contribution in [3.8, 4) is 23.1 Å². The van der Waals surface area contributed by atoms with Crippen LogP contribution in [0.2, 0.25) is 0 Å². The first-order chi connectivity index (χ1) is 8.26. The molecule has 0 saturated carbocycles.